The Labute approximate surface area is 235 Å². The minimum absolute atomic E-state index is 0.00633. The van der Waals surface area contributed by atoms with Gasteiger partial charge in [0, 0.05) is 24.6 Å². The molecule has 4 heteroatoms. The van der Waals surface area contributed by atoms with Gasteiger partial charge in [0.2, 0.25) is 0 Å². The van der Waals surface area contributed by atoms with Crippen molar-refractivity contribution in [3.63, 3.8) is 0 Å². The van der Waals surface area contributed by atoms with Gasteiger partial charge in [0.05, 0.1) is 0 Å². The Balaban J connectivity index is 1.50. The zero-order valence-corrected chi connectivity index (χ0v) is 24.6. The van der Waals surface area contributed by atoms with E-state index in [4.69, 9.17) is 4.43 Å². The molecule has 4 aromatic carbocycles. The van der Waals surface area contributed by atoms with Crippen molar-refractivity contribution in [2.75, 3.05) is 6.61 Å². The standard InChI is InChI=1S/C35H41NO2Si/c1-28(36(37)26-29-17-9-5-10-18-29)33-25-35(33,30-19-11-6-12-20-30)27-38-39(34(2,3)4,31-21-13-7-14-22-31)32-23-15-8-16-24-32/h5-24,28,33,37H,25-27H2,1-4H3/t28-,33+,35-/m0/s1. The third kappa shape index (κ3) is 5.39. The minimum Gasteiger partial charge on any atom is -0.406 e. The van der Waals surface area contributed by atoms with Gasteiger partial charge in [0.25, 0.3) is 8.32 Å². The normalized spacial score (nSPS) is 20.1. The van der Waals surface area contributed by atoms with Crippen molar-refractivity contribution < 1.29 is 9.63 Å². The van der Waals surface area contributed by atoms with E-state index in [2.05, 4.69) is 131 Å². The highest BCUT2D eigenvalue weighted by molar-refractivity contribution is 6.99. The Kier molecular flexibility index (Phi) is 7.93. The summed E-state index contributed by atoms with van der Waals surface area (Å²) in [6.07, 6.45) is 0.988. The Morgan fingerprint density at radius 2 is 1.26 bits per heavy atom. The summed E-state index contributed by atoms with van der Waals surface area (Å²) in [5.41, 5.74) is 2.26. The predicted molar refractivity (Wildman–Crippen MR) is 163 cm³/mol. The zero-order chi connectivity index (χ0) is 27.5. The molecule has 1 aliphatic carbocycles. The van der Waals surface area contributed by atoms with Crippen molar-refractivity contribution in [2.45, 2.75) is 57.2 Å². The fraction of sp³-hybridized carbons (Fsp3) is 0.314. The molecule has 0 spiro atoms. The monoisotopic (exact) mass is 535 g/mol. The second-order valence-electron chi connectivity index (χ2n) is 12.1. The van der Waals surface area contributed by atoms with E-state index in [1.165, 1.54) is 21.0 Å². The van der Waals surface area contributed by atoms with Gasteiger partial charge in [-0.3, -0.25) is 0 Å². The molecule has 202 valence electrons. The van der Waals surface area contributed by atoms with E-state index in [9.17, 15) is 5.21 Å². The fourth-order valence-corrected chi connectivity index (χ4v) is 11.1. The van der Waals surface area contributed by atoms with Crippen molar-refractivity contribution in [3.8, 4) is 0 Å². The molecule has 39 heavy (non-hydrogen) atoms. The smallest absolute Gasteiger partial charge is 0.261 e. The first-order valence-electron chi connectivity index (χ1n) is 14.1. The average molecular weight is 536 g/mol. The molecule has 5 rings (SSSR count). The Bertz CT molecular complexity index is 1290. The molecule has 0 unspecified atom stereocenters. The third-order valence-electron chi connectivity index (χ3n) is 8.69. The lowest BCUT2D eigenvalue weighted by Gasteiger charge is -2.44. The Morgan fingerprint density at radius 3 is 1.74 bits per heavy atom. The first kappa shape index (κ1) is 27.5. The van der Waals surface area contributed by atoms with Crippen LogP contribution in [0.3, 0.4) is 0 Å². The molecular weight excluding hydrogens is 494 g/mol. The van der Waals surface area contributed by atoms with Gasteiger partial charge >= 0.3 is 0 Å². The first-order valence-corrected chi connectivity index (χ1v) is 16.0. The van der Waals surface area contributed by atoms with Crippen molar-refractivity contribution in [1.29, 1.82) is 0 Å². The van der Waals surface area contributed by atoms with Gasteiger partial charge in [-0.2, -0.15) is 5.06 Å². The second-order valence-corrected chi connectivity index (χ2v) is 16.4. The molecule has 1 N–H and O–H groups in total. The van der Waals surface area contributed by atoms with Gasteiger partial charge in [-0.15, -0.1) is 0 Å². The molecule has 0 heterocycles. The minimum atomic E-state index is -2.68. The molecule has 0 aliphatic heterocycles. The van der Waals surface area contributed by atoms with Gasteiger partial charge in [-0.05, 0) is 45.8 Å². The van der Waals surface area contributed by atoms with Crippen molar-refractivity contribution in [1.82, 2.24) is 5.06 Å². The van der Waals surface area contributed by atoms with E-state index < -0.39 is 8.32 Å². The van der Waals surface area contributed by atoms with Crippen molar-refractivity contribution in [3.05, 3.63) is 132 Å². The molecule has 1 fully saturated rings. The molecule has 0 amide bonds. The topological polar surface area (TPSA) is 32.7 Å². The third-order valence-corrected chi connectivity index (χ3v) is 13.7. The quantitative estimate of drug-likeness (QED) is 0.179. The Morgan fingerprint density at radius 1 is 0.795 bits per heavy atom. The van der Waals surface area contributed by atoms with E-state index in [1.807, 2.05) is 18.2 Å². The van der Waals surface area contributed by atoms with E-state index in [-0.39, 0.29) is 22.4 Å². The van der Waals surface area contributed by atoms with E-state index >= 15 is 0 Å². The summed E-state index contributed by atoms with van der Waals surface area (Å²) in [5.74, 6) is 0.284. The molecule has 1 saturated carbocycles. The number of rotatable bonds is 10. The van der Waals surface area contributed by atoms with Gasteiger partial charge in [-0.1, -0.05) is 142 Å². The van der Waals surface area contributed by atoms with Gasteiger partial charge in [-0.25, -0.2) is 0 Å². The highest BCUT2D eigenvalue weighted by Gasteiger charge is 2.61. The average Bonchev–Trinajstić information content (AvgIpc) is 3.70. The predicted octanol–water partition coefficient (Wildman–Crippen LogP) is 6.80. The number of hydrogen-bond acceptors (Lipinski definition) is 3. The van der Waals surface area contributed by atoms with Crippen LogP contribution < -0.4 is 10.4 Å². The number of nitrogens with zero attached hydrogens (tertiary/aromatic N) is 1. The lowest BCUT2D eigenvalue weighted by atomic mass is 9.92. The van der Waals surface area contributed by atoms with Crippen LogP contribution in [0.4, 0.5) is 0 Å². The van der Waals surface area contributed by atoms with Crippen LogP contribution in [0.1, 0.15) is 45.2 Å². The van der Waals surface area contributed by atoms with Gasteiger partial charge in [0.15, 0.2) is 0 Å². The highest BCUT2D eigenvalue weighted by atomic mass is 28.4. The summed E-state index contributed by atoms with van der Waals surface area (Å²) in [6.45, 7) is 10.3. The lowest BCUT2D eigenvalue weighted by Crippen LogP contribution is -2.67. The maximum atomic E-state index is 11.2. The first-order chi connectivity index (χ1) is 18.8. The Hall–Kier alpha value is -3.02. The van der Waals surface area contributed by atoms with E-state index in [0.29, 0.717) is 13.2 Å². The van der Waals surface area contributed by atoms with Crippen molar-refractivity contribution in [2.24, 2.45) is 5.92 Å². The van der Waals surface area contributed by atoms with E-state index in [1.54, 1.807) is 0 Å². The lowest BCUT2D eigenvalue weighted by molar-refractivity contribution is -0.137. The molecule has 0 aromatic heterocycles. The molecule has 0 bridgehead atoms. The summed E-state index contributed by atoms with van der Waals surface area (Å²) < 4.78 is 7.47. The molecule has 1 aliphatic rings. The van der Waals surface area contributed by atoms with Crippen LogP contribution in [-0.4, -0.2) is 31.2 Å². The summed E-state index contributed by atoms with van der Waals surface area (Å²) in [4.78, 5) is 0. The summed E-state index contributed by atoms with van der Waals surface area (Å²) in [6, 6.07) is 42.7. The van der Waals surface area contributed by atoms with Crippen LogP contribution in [0, 0.1) is 5.92 Å². The summed E-state index contributed by atoms with van der Waals surface area (Å²) >= 11 is 0. The van der Waals surface area contributed by atoms with Gasteiger partial charge in [0.1, 0.15) is 0 Å². The van der Waals surface area contributed by atoms with Crippen LogP contribution in [0.2, 0.25) is 5.04 Å². The number of hydrogen-bond donors (Lipinski definition) is 1. The summed E-state index contributed by atoms with van der Waals surface area (Å²) in [5, 5.41) is 15.2. The highest BCUT2D eigenvalue weighted by Crippen LogP contribution is 2.58. The van der Waals surface area contributed by atoms with Crippen LogP contribution >= 0.6 is 0 Å². The maximum absolute atomic E-state index is 11.2. The molecule has 0 saturated heterocycles. The van der Waals surface area contributed by atoms with Crippen LogP contribution in [0.15, 0.2) is 121 Å². The second kappa shape index (κ2) is 11.2. The van der Waals surface area contributed by atoms with Crippen LogP contribution in [0.25, 0.3) is 0 Å². The van der Waals surface area contributed by atoms with Crippen LogP contribution in [0.5, 0.6) is 0 Å². The molecular formula is C35H41NO2Si. The zero-order valence-electron chi connectivity index (χ0n) is 23.6. The number of hydroxylamine groups is 2. The SMILES string of the molecule is C[C@@H]([C@H]1C[C@]1(CO[Si](c1ccccc1)(c1ccccc1)C(C)(C)C)c1ccccc1)N(O)Cc1ccccc1. The molecule has 0 radical (unpaired) electrons. The van der Waals surface area contributed by atoms with Crippen LogP contribution in [-0.2, 0) is 16.4 Å². The van der Waals surface area contributed by atoms with E-state index in [0.717, 1.165) is 12.0 Å². The maximum Gasteiger partial charge on any atom is 0.261 e. The number of benzene rings is 4. The van der Waals surface area contributed by atoms with Crippen molar-refractivity contribution >= 4 is 18.7 Å². The largest absolute Gasteiger partial charge is 0.406 e. The van der Waals surface area contributed by atoms with Gasteiger partial charge < -0.3 is 9.63 Å². The molecule has 4 aromatic rings. The summed E-state index contributed by atoms with van der Waals surface area (Å²) in [7, 11) is -2.68. The molecule has 3 atom stereocenters. The fourth-order valence-electron chi connectivity index (χ4n) is 6.44. The molecule has 3 nitrogen and oxygen atoms in total.